The summed E-state index contributed by atoms with van der Waals surface area (Å²) in [6.45, 7) is -2.30. The molecule has 0 radical (unpaired) electrons. The van der Waals surface area contributed by atoms with Crippen molar-refractivity contribution in [3.8, 4) is 11.5 Å². The Morgan fingerprint density at radius 2 is 1.20 bits per heavy atom. The summed E-state index contributed by atoms with van der Waals surface area (Å²) in [6, 6.07) is 11.9. The zero-order valence-corrected chi connectivity index (χ0v) is 23.6. The number of benzene rings is 2. The van der Waals surface area contributed by atoms with Gasteiger partial charge in [0.05, 0.1) is 0 Å². The zero-order valence-electron chi connectivity index (χ0n) is 23.6. The van der Waals surface area contributed by atoms with E-state index in [1.54, 1.807) is 24.3 Å². The van der Waals surface area contributed by atoms with Gasteiger partial charge in [0.15, 0.2) is 6.29 Å². The molecular formula is C30H34O15. The standard InChI is InChI=1S/C30H34O15/c31-15-30(28(40)25(37)21(44-30)14-42-23(35)12-6-17-3-9-19(33)10-4-17)45-29-27(39)26(38)24(36)20(43-29)13-41-22(34)11-5-16-1-7-18(32)8-2-16/h1-12,20-21,24-29,31-33,36-40H,13-15H2/t20-,21-,24-,25-,26+,27-,28+,29-,30+/m1/s1. The number of aromatic hydroxyl groups is 2. The lowest BCUT2D eigenvalue weighted by Crippen LogP contribution is -2.62. The Labute approximate surface area is 256 Å². The molecule has 2 saturated heterocycles. The maximum atomic E-state index is 12.2. The van der Waals surface area contributed by atoms with E-state index in [9.17, 15) is 50.4 Å². The summed E-state index contributed by atoms with van der Waals surface area (Å²) in [5.74, 6) is -4.04. The Kier molecular flexibility index (Phi) is 11.3. The van der Waals surface area contributed by atoms with E-state index < -0.39 is 86.6 Å². The number of aliphatic hydroxyl groups is 6. The Hall–Kier alpha value is -3.90. The van der Waals surface area contributed by atoms with Gasteiger partial charge in [-0.2, -0.15) is 0 Å². The fraction of sp³-hybridized carbons (Fsp3) is 0.400. The maximum Gasteiger partial charge on any atom is 0.330 e. The van der Waals surface area contributed by atoms with Crippen LogP contribution < -0.4 is 0 Å². The van der Waals surface area contributed by atoms with Crippen molar-refractivity contribution in [2.45, 2.75) is 54.8 Å². The van der Waals surface area contributed by atoms with Crippen molar-refractivity contribution >= 4 is 24.1 Å². The number of phenols is 2. The van der Waals surface area contributed by atoms with Crippen LogP contribution in [-0.4, -0.2) is 127 Å². The first-order valence-electron chi connectivity index (χ1n) is 13.7. The number of hydrogen-bond donors (Lipinski definition) is 8. The molecule has 0 spiro atoms. The SMILES string of the molecule is O=C(C=Cc1ccc(O)cc1)OC[C@H]1O[C@@](CO)(O[C@H]2O[C@H](COC(=O)C=Cc3ccc(O)cc3)[C@@H](O)[C@H](O)[C@H]2O)[C@@H](O)[C@@H]1O. The Morgan fingerprint density at radius 1 is 0.711 bits per heavy atom. The second kappa shape index (κ2) is 14.9. The van der Waals surface area contributed by atoms with E-state index in [1.807, 2.05) is 0 Å². The maximum absolute atomic E-state index is 12.2. The first kappa shape index (κ1) is 34.0. The molecule has 15 nitrogen and oxygen atoms in total. The predicted molar refractivity (Wildman–Crippen MR) is 151 cm³/mol. The van der Waals surface area contributed by atoms with E-state index in [4.69, 9.17) is 23.7 Å². The third-order valence-corrected chi connectivity index (χ3v) is 7.10. The van der Waals surface area contributed by atoms with Crippen molar-refractivity contribution in [2.24, 2.45) is 0 Å². The van der Waals surface area contributed by atoms with Gasteiger partial charge in [-0.05, 0) is 47.5 Å². The van der Waals surface area contributed by atoms with Gasteiger partial charge >= 0.3 is 11.9 Å². The molecule has 9 atom stereocenters. The van der Waals surface area contributed by atoms with Crippen molar-refractivity contribution in [3.63, 3.8) is 0 Å². The van der Waals surface area contributed by atoms with Crippen LogP contribution in [0.15, 0.2) is 60.7 Å². The highest BCUT2D eigenvalue weighted by Gasteiger charge is 2.58. The second-order valence-electron chi connectivity index (χ2n) is 10.3. The molecule has 0 bridgehead atoms. The van der Waals surface area contributed by atoms with E-state index in [-0.39, 0.29) is 11.5 Å². The molecule has 45 heavy (non-hydrogen) atoms. The molecule has 4 rings (SSSR count). The van der Waals surface area contributed by atoms with E-state index in [0.29, 0.717) is 11.1 Å². The number of phenolic OH excluding ortho intramolecular Hbond substituents is 2. The zero-order chi connectivity index (χ0) is 32.7. The Morgan fingerprint density at radius 3 is 1.69 bits per heavy atom. The Balaban J connectivity index is 1.35. The summed E-state index contributed by atoms with van der Waals surface area (Å²) >= 11 is 0. The van der Waals surface area contributed by atoms with Gasteiger partial charge in [0.2, 0.25) is 5.79 Å². The van der Waals surface area contributed by atoms with Crippen LogP contribution in [0.25, 0.3) is 12.2 Å². The third kappa shape index (κ3) is 8.43. The molecular weight excluding hydrogens is 600 g/mol. The molecule has 0 aromatic heterocycles. The van der Waals surface area contributed by atoms with Crippen LogP contribution >= 0.6 is 0 Å². The molecule has 2 aromatic carbocycles. The highest BCUT2D eigenvalue weighted by molar-refractivity contribution is 5.87. The normalized spacial score (nSPS) is 31.8. The van der Waals surface area contributed by atoms with E-state index in [2.05, 4.69) is 0 Å². The first-order valence-corrected chi connectivity index (χ1v) is 13.7. The van der Waals surface area contributed by atoms with Crippen LogP contribution in [-0.2, 0) is 33.3 Å². The summed E-state index contributed by atoms with van der Waals surface area (Å²) in [7, 11) is 0. The molecule has 0 saturated carbocycles. The molecule has 0 amide bonds. The number of carbonyl (C=O) groups is 2. The smallest absolute Gasteiger partial charge is 0.330 e. The average Bonchev–Trinajstić information content (AvgIpc) is 3.27. The van der Waals surface area contributed by atoms with Crippen LogP contribution in [0.3, 0.4) is 0 Å². The number of hydrogen-bond acceptors (Lipinski definition) is 15. The van der Waals surface area contributed by atoms with Gasteiger partial charge in [0, 0.05) is 12.2 Å². The van der Waals surface area contributed by atoms with E-state index in [0.717, 1.165) is 12.2 Å². The van der Waals surface area contributed by atoms with Crippen LogP contribution in [0.2, 0.25) is 0 Å². The van der Waals surface area contributed by atoms with Gasteiger partial charge in [0.25, 0.3) is 0 Å². The highest BCUT2D eigenvalue weighted by atomic mass is 16.8. The van der Waals surface area contributed by atoms with Crippen LogP contribution in [0.1, 0.15) is 11.1 Å². The van der Waals surface area contributed by atoms with Crippen molar-refractivity contribution in [1.29, 1.82) is 0 Å². The fourth-order valence-electron chi connectivity index (χ4n) is 4.53. The summed E-state index contributed by atoms with van der Waals surface area (Å²) in [6.07, 6.45) is -9.07. The summed E-state index contributed by atoms with van der Waals surface area (Å²) in [5.41, 5.74) is 1.16. The van der Waals surface area contributed by atoms with Gasteiger partial charge in [-0.3, -0.25) is 0 Å². The predicted octanol–water partition coefficient (Wildman–Crippen LogP) is -1.46. The molecule has 2 fully saturated rings. The summed E-state index contributed by atoms with van der Waals surface area (Å²) in [4.78, 5) is 24.3. The Bertz CT molecular complexity index is 1340. The van der Waals surface area contributed by atoms with E-state index >= 15 is 0 Å². The molecule has 244 valence electrons. The number of esters is 2. The van der Waals surface area contributed by atoms with Gasteiger partial charge in [-0.25, -0.2) is 9.59 Å². The van der Waals surface area contributed by atoms with Crippen LogP contribution in [0, 0.1) is 0 Å². The van der Waals surface area contributed by atoms with Crippen LogP contribution in [0.4, 0.5) is 0 Å². The number of rotatable bonds is 11. The molecule has 8 N–H and O–H groups in total. The summed E-state index contributed by atoms with van der Waals surface area (Å²) < 4.78 is 26.7. The molecule has 2 aliphatic rings. The lowest BCUT2D eigenvalue weighted by Gasteiger charge is -2.43. The second-order valence-corrected chi connectivity index (χ2v) is 10.3. The molecule has 15 heteroatoms. The minimum absolute atomic E-state index is 0.0401. The van der Waals surface area contributed by atoms with Gasteiger partial charge in [0.1, 0.15) is 74.0 Å². The largest absolute Gasteiger partial charge is 0.508 e. The van der Waals surface area contributed by atoms with Crippen molar-refractivity contribution in [3.05, 3.63) is 71.8 Å². The highest BCUT2D eigenvalue weighted by Crippen LogP contribution is 2.36. The van der Waals surface area contributed by atoms with Crippen molar-refractivity contribution in [2.75, 3.05) is 19.8 Å². The molecule has 2 aromatic rings. The molecule has 0 unspecified atom stereocenters. The number of carbonyl (C=O) groups excluding carboxylic acids is 2. The monoisotopic (exact) mass is 634 g/mol. The minimum Gasteiger partial charge on any atom is -0.508 e. The average molecular weight is 635 g/mol. The number of aliphatic hydroxyl groups excluding tert-OH is 6. The van der Waals surface area contributed by atoms with Crippen LogP contribution in [0.5, 0.6) is 11.5 Å². The quantitative estimate of drug-likeness (QED) is 0.104. The fourth-order valence-corrected chi connectivity index (χ4v) is 4.53. The van der Waals surface area contributed by atoms with Gasteiger partial charge < -0.3 is 64.5 Å². The van der Waals surface area contributed by atoms with Crippen molar-refractivity contribution < 1.29 is 74.1 Å². The van der Waals surface area contributed by atoms with E-state index in [1.165, 1.54) is 36.4 Å². The molecule has 2 heterocycles. The molecule has 0 aliphatic carbocycles. The van der Waals surface area contributed by atoms with Gasteiger partial charge in [-0.15, -0.1) is 0 Å². The third-order valence-electron chi connectivity index (χ3n) is 7.10. The number of ether oxygens (including phenoxy) is 5. The topological polar surface area (TPSA) is 242 Å². The van der Waals surface area contributed by atoms with Gasteiger partial charge in [-0.1, -0.05) is 24.3 Å². The van der Waals surface area contributed by atoms with Crippen molar-refractivity contribution in [1.82, 2.24) is 0 Å². The lowest BCUT2D eigenvalue weighted by atomic mass is 9.99. The minimum atomic E-state index is -2.43. The lowest BCUT2D eigenvalue weighted by molar-refractivity contribution is -0.383. The summed E-state index contributed by atoms with van der Waals surface area (Å²) in [5, 5.41) is 81.2. The molecule has 2 aliphatic heterocycles. The first-order chi connectivity index (χ1) is 21.4.